The smallest absolute Gasteiger partial charge is 0.243 e. The predicted molar refractivity (Wildman–Crippen MR) is 113 cm³/mol. The van der Waals surface area contributed by atoms with E-state index in [9.17, 15) is 4.79 Å². The van der Waals surface area contributed by atoms with Crippen molar-refractivity contribution in [1.82, 2.24) is 0 Å². The van der Waals surface area contributed by atoms with Crippen molar-refractivity contribution in [3.63, 3.8) is 0 Å². The molecule has 0 spiro atoms. The van der Waals surface area contributed by atoms with Gasteiger partial charge in [-0.2, -0.15) is 0 Å². The summed E-state index contributed by atoms with van der Waals surface area (Å²) in [6.45, 7) is 0.826. The van der Waals surface area contributed by atoms with Crippen LogP contribution in [0.1, 0.15) is 5.56 Å². The van der Waals surface area contributed by atoms with Crippen molar-refractivity contribution < 1.29 is 9.53 Å². The van der Waals surface area contributed by atoms with Gasteiger partial charge in [0.05, 0.1) is 13.2 Å². The van der Waals surface area contributed by atoms with E-state index in [0.717, 1.165) is 28.0 Å². The highest BCUT2D eigenvalue weighted by molar-refractivity contribution is 9.10. The van der Waals surface area contributed by atoms with Crippen molar-refractivity contribution in [2.75, 3.05) is 23.8 Å². The van der Waals surface area contributed by atoms with Gasteiger partial charge in [-0.1, -0.05) is 52.3 Å². The van der Waals surface area contributed by atoms with Crippen LogP contribution in [0.3, 0.4) is 0 Å². The average Bonchev–Trinajstić information content (AvgIpc) is 2.68. The molecular weight excluding hydrogens is 404 g/mol. The van der Waals surface area contributed by atoms with Crippen molar-refractivity contribution in [3.8, 4) is 5.75 Å². The van der Waals surface area contributed by atoms with Crippen molar-refractivity contribution in [2.24, 2.45) is 0 Å². The van der Waals surface area contributed by atoms with Crippen molar-refractivity contribution in [2.45, 2.75) is 6.42 Å². The van der Waals surface area contributed by atoms with Crippen molar-refractivity contribution >= 4 is 33.2 Å². The molecule has 0 bridgehead atoms. The Balaban J connectivity index is 1.41. The van der Waals surface area contributed by atoms with E-state index in [1.807, 2.05) is 66.7 Å². The van der Waals surface area contributed by atoms with E-state index in [1.54, 1.807) is 0 Å². The Bertz CT molecular complexity index is 867. The SMILES string of the molecule is O=C(CNc1ccc(OCCc2ccccc2)cc1)Nc1cccc(Br)c1. The highest BCUT2D eigenvalue weighted by atomic mass is 79.9. The molecule has 4 nitrogen and oxygen atoms in total. The molecule has 0 fully saturated rings. The quantitative estimate of drug-likeness (QED) is 0.527. The molecule has 3 aromatic rings. The third kappa shape index (κ3) is 6.46. The minimum Gasteiger partial charge on any atom is -0.493 e. The molecule has 0 aliphatic heterocycles. The van der Waals surface area contributed by atoms with E-state index in [4.69, 9.17) is 4.74 Å². The first kappa shape index (κ1) is 19.0. The lowest BCUT2D eigenvalue weighted by molar-refractivity contribution is -0.114. The molecule has 0 atom stereocenters. The number of benzene rings is 3. The Morgan fingerprint density at radius 1 is 0.889 bits per heavy atom. The molecule has 0 aromatic heterocycles. The van der Waals surface area contributed by atoms with Crippen LogP contribution in [0.5, 0.6) is 5.75 Å². The van der Waals surface area contributed by atoms with Crippen LogP contribution in [0.4, 0.5) is 11.4 Å². The van der Waals surface area contributed by atoms with Crippen LogP contribution < -0.4 is 15.4 Å². The number of halogens is 1. The van der Waals surface area contributed by atoms with E-state index >= 15 is 0 Å². The molecular formula is C22H21BrN2O2. The molecule has 27 heavy (non-hydrogen) atoms. The molecule has 2 N–H and O–H groups in total. The van der Waals surface area contributed by atoms with Gasteiger partial charge in [0, 0.05) is 22.3 Å². The lowest BCUT2D eigenvalue weighted by Crippen LogP contribution is -2.21. The molecule has 0 aliphatic rings. The minimum atomic E-state index is -0.101. The normalized spacial score (nSPS) is 10.3. The first-order valence-corrected chi connectivity index (χ1v) is 9.54. The second kappa shape index (κ2) is 9.78. The maximum absolute atomic E-state index is 12.0. The van der Waals surface area contributed by atoms with Gasteiger partial charge in [0.25, 0.3) is 0 Å². The van der Waals surface area contributed by atoms with Gasteiger partial charge < -0.3 is 15.4 Å². The van der Waals surface area contributed by atoms with Gasteiger partial charge in [0.15, 0.2) is 0 Å². The van der Waals surface area contributed by atoms with Gasteiger partial charge in [0.1, 0.15) is 5.75 Å². The zero-order chi connectivity index (χ0) is 18.9. The Kier molecular flexibility index (Phi) is 6.88. The van der Waals surface area contributed by atoms with Gasteiger partial charge >= 0.3 is 0 Å². The molecule has 0 heterocycles. The van der Waals surface area contributed by atoms with E-state index in [-0.39, 0.29) is 12.5 Å². The van der Waals surface area contributed by atoms with Crippen LogP contribution in [-0.2, 0) is 11.2 Å². The standard InChI is InChI=1S/C22H21BrN2O2/c23-18-7-4-8-20(15-18)25-22(26)16-24-19-9-11-21(12-10-19)27-14-13-17-5-2-1-3-6-17/h1-12,15,24H,13-14,16H2,(H,25,26). The van der Waals surface area contributed by atoms with Crippen LogP contribution in [0.15, 0.2) is 83.3 Å². The summed E-state index contributed by atoms with van der Waals surface area (Å²) in [5.41, 5.74) is 2.89. The van der Waals surface area contributed by atoms with E-state index in [0.29, 0.717) is 6.61 Å². The number of ether oxygens (including phenoxy) is 1. The van der Waals surface area contributed by atoms with E-state index in [1.165, 1.54) is 5.56 Å². The number of carbonyl (C=O) groups excluding carboxylic acids is 1. The molecule has 0 saturated heterocycles. The first-order chi connectivity index (χ1) is 13.2. The highest BCUT2D eigenvalue weighted by Gasteiger charge is 2.03. The fourth-order valence-electron chi connectivity index (χ4n) is 2.55. The topological polar surface area (TPSA) is 50.4 Å². The summed E-state index contributed by atoms with van der Waals surface area (Å²) in [6.07, 6.45) is 0.872. The number of carbonyl (C=O) groups is 1. The van der Waals surface area contributed by atoms with Gasteiger partial charge in [0.2, 0.25) is 5.91 Å². The maximum Gasteiger partial charge on any atom is 0.243 e. The summed E-state index contributed by atoms with van der Waals surface area (Å²) < 4.78 is 6.70. The summed E-state index contributed by atoms with van der Waals surface area (Å²) in [5, 5.41) is 5.96. The molecule has 3 aromatic carbocycles. The van der Waals surface area contributed by atoms with Gasteiger partial charge in [-0.15, -0.1) is 0 Å². The van der Waals surface area contributed by atoms with Gasteiger partial charge in [-0.25, -0.2) is 0 Å². The fraction of sp³-hybridized carbons (Fsp3) is 0.136. The number of rotatable bonds is 8. The molecule has 138 valence electrons. The number of hydrogen-bond acceptors (Lipinski definition) is 3. The second-order valence-electron chi connectivity index (χ2n) is 6.02. The third-order valence-electron chi connectivity index (χ3n) is 3.92. The number of amides is 1. The zero-order valence-corrected chi connectivity index (χ0v) is 16.4. The van der Waals surface area contributed by atoms with Gasteiger partial charge in [-0.3, -0.25) is 4.79 Å². The Labute approximate surface area is 167 Å². The number of nitrogens with one attached hydrogen (secondary N) is 2. The van der Waals surface area contributed by atoms with E-state index in [2.05, 4.69) is 38.7 Å². The summed E-state index contributed by atoms with van der Waals surface area (Å²) in [7, 11) is 0. The average molecular weight is 425 g/mol. The van der Waals surface area contributed by atoms with Crippen LogP contribution in [0.25, 0.3) is 0 Å². The van der Waals surface area contributed by atoms with Crippen LogP contribution in [-0.4, -0.2) is 19.1 Å². The van der Waals surface area contributed by atoms with Crippen molar-refractivity contribution in [1.29, 1.82) is 0 Å². The monoisotopic (exact) mass is 424 g/mol. The summed E-state index contributed by atoms with van der Waals surface area (Å²) >= 11 is 3.39. The lowest BCUT2D eigenvalue weighted by Gasteiger charge is -2.10. The largest absolute Gasteiger partial charge is 0.493 e. The molecule has 0 radical (unpaired) electrons. The predicted octanol–water partition coefficient (Wildman–Crippen LogP) is 5.12. The lowest BCUT2D eigenvalue weighted by atomic mass is 10.2. The van der Waals surface area contributed by atoms with Crippen molar-refractivity contribution in [3.05, 3.63) is 88.9 Å². The first-order valence-electron chi connectivity index (χ1n) is 8.75. The van der Waals surface area contributed by atoms with Crippen LogP contribution in [0, 0.1) is 0 Å². The molecule has 1 amide bonds. The summed E-state index contributed by atoms with van der Waals surface area (Å²) in [4.78, 5) is 12.0. The number of anilines is 2. The molecule has 5 heteroatoms. The summed E-state index contributed by atoms with van der Waals surface area (Å²) in [6, 6.07) is 25.4. The Morgan fingerprint density at radius 2 is 1.67 bits per heavy atom. The van der Waals surface area contributed by atoms with Gasteiger partial charge in [-0.05, 0) is 48.0 Å². The van der Waals surface area contributed by atoms with Crippen LogP contribution >= 0.6 is 15.9 Å². The number of hydrogen-bond donors (Lipinski definition) is 2. The summed E-state index contributed by atoms with van der Waals surface area (Å²) in [5.74, 6) is 0.714. The van der Waals surface area contributed by atoms with E-state index < -0.39 is 0 Å². The zero-order valence-electron chi connectivity index (χ0n) is 14.8. The minimum absolute atomic E-state index is 0.101. The molecule has 0 aliphatic carbocycles. The second-order valence-corrected chi connectivity index (χ2v) is 6.94. The Morgan fingerprint density at radius 3 is 2.41 bits per heavy atom. The Hall–Kier alpha value is -2.79. The highest BCUT2D eigenvalue weighted by Crippen LogP contribution is 2.17. The third-order valence-corrected chi connectivity index (χ3v) is 4.41. The molecule has 0 saturated carbocycles. The maximum atomic E-state index is 12.0. The van der Waals surface area contributed by atoms with Crippen LogP contribution in [0.2, 0.25) is 0 Å². The fourth-order valence-corrected chi connectivity index (χ4v) is 2.95. The molecule has 3 rings (SSSR count). The molecule has 0 unspecified atom stereocenters.